The number of nitrogens with one attached hydrogen (secondary N) is 1. The number of hydrogen-bond acceptors (Lipinski definition) is 9. The standard InChI is InChI=1S/C25H30N4O7/c1-4-13-34-21-15-19(20(29(31)32)16-22(21)35-14-5-2)26-23(30)7-6-8-24-27-25(28-36-24)17-9-11-18(33-3)12-10-17/h9-12,15-16H,4-8,13-14H2,1-3H3,(H,26,30). The normalized spacial score (nSPS) is 10.6. The Balaban J connectivity index is 1.62. The fourth-order valence-electron chi connectivity index (χ4n) is 3.28. The van der Waals surface area contributed by atoms with Crippen LogP contribution in [-0.2, 0) is 11.2 Å². The average molecular weight is 499 g/mol. The molecule has 36 heavy (non-hydrogen) atoms. The fourth-order valence-corrected chi connectivity index (χ4v) is 3.28. The third-order valence-electron chi connectivity index (χ3n) is 5.07. The molecule has 11 heteroatoms. The summed E-state index contributed by atoms with van der Waals surface area (Å²) >= 11 is 0. The van der Waals surface area contributed by atoms with Gasteiger partial charge in [-0.25, -0.2) is 0 Å². The highest BCUT2D eigenvalue weighted by Gasteiger charge is 2.22. The van der Waals surface area contributed by atoms with Crippen LogP contribution in [0.3, 0.4) is 0 Å². The molecule has 0 spiro atoms. The summed E-state index contributed by atoms with van der Waals surface area (Å²) < 4.78 is 21.7. The Labute approximate surface area is 208 Å². The van der Waals surface area contributed by atoms with E-state index in [9.17, 15) is 14.9 Å². The first-order valence-corrected chi connectivity index (χ1v) is 11.8. The number of ether oxygens (including phenoxy) is 3. The number of methoxy groups -OCH3 is 1. The fraction of sp³-hybridized carbons (Fsp3) is 0.400. The second kappa shape index (κ2) is 13.1. The van der Waals surface area contributed by atoms with Crippen molar-refractivity contribution in [3.8, 4) is 28.6 Å². The van der Waals surface area contributed by atoms with Gasteiger partial charge < -0.3 is 24.1 Å². The molecule has 0 aliphatic carbocycles. The lowest BCUT2D eigenvalue weighted by Crippen LogP contribution is -2.13. The van der Waals surface area contributed by atoms with Crippen molar-refractivity contribution in [3.63, 3.8) is 0 Å². The highest BCUT2D eigenvalue weighted by molar-refractivity contribution is 5.93. The van der Waals surface area contributed by atoms with Gasteiger partial charge in [-0.15, -0.1) is 0 Å². The third-order valence-corrected chi connectivity index (χ3v) is 5.07. The van der Waals surface area contributed by atoms with Gasteiger partial charge in [-0.1, -0.05) is 19.0 Å². The van der Waals surface area contributed by atoms with Gasteiger partial charge in [-0.3, -0.25) is 14.9 Å². The zero-order valence-electron chi connectivity index (χ0n) is 20.6. The van der Waals surface area contributed by atoms with E-state index in [4.69, 9.17) is 18.7 Å². The second-order valence-electron chi connectivity index (χ2n) is 7.91. The van der Waals surface area contributed by atoms with E-state index in [1.165, 1.54) is 12.1 Å². The van der Waals surface area contributed by atoms with E-state index < -0.39 is 4.92 Å². The molecule has 1 amide bonds. The highest BCUT2D eigenvalue weighted by Crippen LogP contribution is 2.38. The summed E-state index contributed by atoms with van der Waals surface area (Å²) in [4.78, 5) is 28.0. The number of carbonyl (C=O) groups excluding carboxylic acids is 1. The Hall–Kier alpha value is -4.15. The molecule has 1 heterocycles. The van der Waals surface area contributed by atoms with Gasteiger partial charge in [0.2, 0.25) is 17.6 Å². The number of aromatic nitrogens is 2. The number of hydrogen-bond donors (Lipinski definition) is 1. The highest BCUT2D eigenvalue weighted by atomic mass is 16.6. The van der Waals surface area contributed by atoms with E-state index in [2.05, 4.69) is 15.5 Å². The van der Waals surface area contributed by atoms with Gasteiger partial charge in [0.1, 0.15) is 11.4 Å². The minimum Gasteiger partial charge on any atom is -0.497 e. The molecule has 0 aliphatic heterocycles. The maximum absolute atomic E-state index is 12.6. The number of carbonyl (C=O) groups is 1. The van der Waals surface area contributed by atoms with E-state index >= 15 is 0 Å². The maximum atomic E-state index is 12.6. The van der Waals surface area contributed by atoms with Crippen LogP contribution in [0.15, 0.2) is 40.9 Å². The van der Waals surface area contributed by atoms with Gasteiger partial charge in [-0.2, -0.15) is 4.98 Å². The number of benzene rings is 2. The molecule has 1 N–H and O–H groups in total. The van der Waals surface area contributed by atoms with E-state index in [1.54, 1.807) is 19.2 Å². The quantitative estimate of drug-likeness (QED) is 0.235. The molecule has 0 bridgehead atoms. The summed E-state index contributed by atoms with van der Waals surface area (Å²) in [7, 11) is 1.59. The molecule has 11 nitrogen and oxygen atoms in total. The summed E-state index contributed by atoms with van der Waals surface area (Å²) in [6.07, 6.45) is 2.40. The monoisotopic (exact) mass is 498 g/mol. The van der Waals surface area contributed by atoms with Crippen molar-refractivity contribution in [2.45, 2.75) is 46.0 Å². The molecule has 0 saturated carbocycles. The predicted molar refractivity (Wildman–Crippen MR) is 133 cm³/mol. The number of nitro groups is 1. The lowest BCUT2D eigenvalue weighted by atomic mass is 10.2. The first-order valence-electron chi connectivity index (χ1n) is 11.8. The van der Waals surface area contributed by atoms with E-state index in [-0.39, 0.29) is 29.5 Å². The summed E-state index contributed by atoms with van der Waals surface area (Å²) in [6.45, 7) is 4.69. The topological polar surface area (TPSA) is 139 Å². The summed E-state index contributed by atoms with van der Waals surface area (Å²) in [6, 6.07) is 9.98. The molecule has 0 aliphatic rings. The maximum Gasteiger partial charge on any atom is 0.296 e. The molecule has 2 aromatic carbocycles. The number of nitrogens with zero attached hydrogens (tertiary/aromatic N) is 3. The number of anilines is 1. The molecule has 0 saturated heterocycles. The Bertz CT molecular complexity index is 1160. The van der Waals surface area contributed by atoms with Gasteiger partial charge in [-0.05, 0) is 43.5 Å². The molecule has 192 valence electrons. The summed E-state index contributed by atoms with van der Waals surface area (Å²) in [5.74, 6) is 1.81. The van der Waals surface area contributed by atoms with E-state index in [0.717, 1.165) is 24.2 Å². The molecular weight excluding hydrogens is 468 g/mol. The van der Waals surface area contributed by atoms with E-state index in [1.807, 2.05) is 26.0 Å². The Morgan fingerprint density at radius 1 is 1.08 bits per heavy atom. The Morgan fingerprint density at radius 2 is 1.75 bits per heavy atom. The summed E-state index contributed by atoms with van der Waals surface area (Å²) in [5.41, 5.74) is 0.571. The lowest BCUT2D eigenvalue weighted by molar-refractivity contribution is -0.384. The van der Waals surface area contributed by atoms with Gasteiger partial charge in [0, 0.05) is 24.5 Å². The molecule has 3 rings (SSSR count). The number of amides is 1. The lowest BCUT2D eigenvalue weighted by Gasteiger charge is -2.14. The molecular formula is C25H30N4O7. The zero-order chi connectivity index (χ0) is 25.9. The number of nitro benzene ring substituents is 1. The predicted octanol–water partition coefficient (Wildman–Crippen LogP) is 5.19. The smallest absolute Gasteiger partial charge is 0.296 e. The van der Waals surface area contributed by atoms with Gasteiger partial charge in [0.15, 0.2) is 11.5 Å². The van der Waals surface area contributed by atoms with Crippen LogP contribution in [0.5, 0.6) is 17.2 Å². The van der Waals surface area contributed by atoms with Crippen molar-refractivity contribution in [1.29, 1.82) is 0 Å². The van der Waals surface area contributed by atoms with Crippen molar-refractivity contribution in [3.05, 3.63) is 52.4 Å². The van der Waals surface area contributed by atoms with E-state index in [0.29, 0.717) is 43.5 Å². The van der Waals surface area contributed by atoms with Gasteiger partial charge in [0.05, 0.1) is 31.3 Å². The number of rotatable bonds is 14. The van der Waals surface area contributed by atoms with Crippen molar-refractivity contribution in [1.82, 2.24) is 10.1 Å². The van der Waals surface area contributed by atoms with Crippen LogP contribution in [0, 0.1) is 10.1 Å². The van der Waals surface area contributed by atoms with Crippen LogP contribution in [0.2, 0.25) is 0 Å². The second-order valence-corrected chi connectivity index (χ2v) is 7.91. The van der Waals surface area contributed by atoms with Crippen molar-refractivity contribution < 1.29 is 28.5 Å². The zero-order valence-corrected chi connectivity index (χ0v) is 20.6. The Kier molecular flexibility index (Phi) is 9.61. The van der Waals surface area contributed by atoms with Crippen molar-refractivity contribution in [2.24, 2.45) is 0 Å². The molecule has 1 aromatic heterocycles. The molecule has 0 radical (unpaired) electrons. The first-order chi connectivity index (χ1) is 17.4. The molecule has 0 unspecified atom stereocenters. The summed E-state index contributed by atoms with van der Waals surface area (Å²) in [5, 5.41) is 18.2. The Morgan fingerprint density at radius 3 is 2.36 bits per heavy atom. The van der Waals surface area contributed by atoms with Gasteiger partial charge in [0.25, 0.3) is 5.69 Å². The van der Waals surface area contributed by atoms with Crippen LogP contribution in [0.4, 0.5) is 11.4 Å². The largest absolute Gasteiger partial charge is 0.497 e. The first kappa shape index (κ1) is 26.5. The van der Waals surface area contributed by atoms with Crippen LogP contribution < -0.4 is 19.5 Å². The minimum atomic E-state index is -0.558. The van der Waals surface area contributed by atoms with Crippen LogP contribution in [0.1, 0.15) is 45.4 Å². The minimum absolute atomic E-state index is 0.0551. The van der Waals surface area contributed by atoms with Crippen LogP contribution in [-0.4, -0.2) is 41.3 Å². The van der Waals surface area contributed by atoms with Crippen molar-refractivity contribution >= 4 is 17.3 Å². The number of aryl methyl sites for hydroxylation is 1. The molecule has 3 aromatic rings. The van der Waals surface area contributed by atoms with Crippen molar-refractivity contribution in [2.75, 3.05) is 25.6 Å². The SMILES string of the molecule is CCCOc1cc(NC(=O)CCCc2nc(-c3ccc(OC)cc3)no2)c([N+](=O)[O-])cc1OCCC. The molecule has 0 atom stereocenters. The third kappa shape index (κ3) is 7.17. The molecule has 0 fully saturated rings. The van der Waals surface area contributed by atoms with Gasteiger partial charge >= 0.3 is 0 Å². The van der Waals surface area contributed by atoms with Crippen LogP contribution in [0.25, 0.3) is 11.4 Å². The van der Waals surface area contributed by atoms with Crippen LogP contribution >= 0.6 is 0 Å². The average Bonchev–Trinajstić information content (AvgIpc) is 3.35.